The predicted octanol–water partition coefficient (Wildman–Crippen LogP) is 3.48. The first-order valence-corrected chi connectivity index (χ1v) is 7.67. The Kier molecular flexibility index (Phi) is 3.44. The molecule has 0 aliphatic carbocycles. The maximum absolute atomic E-state index is 3.69. The third-order valence-electron chi connectivity index (χ3n) is 4.02. The number of thioether (sulfide) groups is 1. The van der Waals surface area contributed by atoms with Crippen molar-refractivity contribution < 1.29 is 0 Å². The van der Waals surface area contributed by atoms with Crippen LogP contribution in [0.25, 0.3) is 0 Å². The molecule has 2 heterocycles. The summed E-state index contributed by atoms with van der Waals surface area (Å²) in [6, 6.07) is 9.65. The van der Waals surface area contributed by atoms with Gasteiger partial charge in [0.2, 0.25) is 0 Å². The van der Waals surface area contributed by atoms with Gasteiger partial charge < -0.3 is 5.32 Å². The fraction of sp³-hybridized carbons (Fsp3) is 0.600. The van der Waals surface area contributed by atoms with E-state index in [4.69, 9.17) is 0 Å². The van der Waals surface area contributed by atoms with Crippen molar-refractivity contribution in [3.05, 3.63) is 29.8 Å². The molecule has 3 atom stereocenters. The summed E-state index contributed by atoms with van der Waals surface area (Å²) in [6.07, 6.45) is 5.33. The van der Waals surface area contributed by atoms with Gasteiger partial charge in [-0.3, -0.25) is 0 Å². The first kappa shape index (κ1) is 11.6. The van der Waals surface area contributed by atoms with Gasteiger partial charge in [-0.15, -0.1) is 11.8 Å². The fourth-order valence-corrected chi connectivity index (χ4v) is 4.51. The molecule has 3 unspecified atom stereocenters. The van der Waals surface area contributed by atoms with Crippen molar-refractivity contribution in [3.8, 4) is 0 Å². The van der Waals surface area contributed by atoms with Gasteiger partial charge in [-0.2, -0.15) is 0 Å². The minimum Gasteiger partial charge on any atom is -0.314 e. The van der Waals surface area contributed by atoms with Crippen LogP contribution in [0.4, 0.5) is 0 Å². The second-order valence-corrected chi connectivity index (χ2v) is 6.91. The molecule has 0 aromatic heterocycles. The van der Waals surface area contributed by atoms with E-state index in [2.05, 4.69) is 48.3 Å². The Bertz CT molecular complexity index is 365. The number of benzene rings is 1. The van der Waals surface area contributed by atoms with Gasteiger partial charge in [0.05, 0.1) is 0 Å². The van der Waals surface area contributed by atoms with Crippen LogP contribution >= 0.6 is 11.8 Å². The van der Waals surface area contributed by atoms with Crippen molar-refractivity contribution in [1.82, 2.24) is 5.32 Å². The molecule has 0 radical (unpaired) electrons. The van der Waals surface area contributed by atoms with Gasteiger partial charge in [0.1, 0.15) is 0 Å². The van der Waals surface area contributed by atoms with Gasteiger partial charge >= 0.3 is 0 Å². The van der Waals surface area contributed by atoms with Crippen molar-refractivity contribution >= 4 is 11.8 Å². The summed E-state index contributed by atoms with van der Waals surface area (Å²) < 4.78 is 0. The zero-order chi connectivity index (χ0) is 11.7. The minimum atomic E-state index is 0.755. The lowest BCUT2D eigenvalue weighted by Gasteiger charge is -2.29. The van der Waals surface area contributed by atoms with Crippen LogP contribution in [0, 0.1) is 5.92 Å². The molecule has 2 aliphatic heterocycles. The average Bonchev–Trinajstić information content (AvgIpc) is 2.71. The Balaban J connectivity index is 1.58. The molecule has 0 saturated carbocycles. The van der Waals surface area contributed by atoms with E-state index in [0.29, 0.717) is 0 Å². The minimum absolute atomic E-state index is 0.755. The number of piperidine rings is 1. The lowest BCUT2D eigenvalue weighted by molar-refractivity contribution is 0.307. The van der Waals surface area contributed by atoms with Crippen LogP contribution in [0.5, 0.6) is 0 Å². The lowest BCUT2D eigenvalue weighted by atomic mass is 9.91. The van der Waals surface area contributed by atoms with Crippen molar-refractivity contribution in [2.24, 2.45) is 5.92 Å². The Morgan fingerprint density at radius 3 is 3.06 bits per heavy atom. The average molecular weight is 247 g/mol. The highest BCUT2D eigenvalue weighted by atomic mass is 32.2. The van der Waals surface area contributed by atoms with Gasteiger partial charge in [-0.05, 0) is 49.8 Å². The summed E-state index contributed by atoms with van der Waals surface area (Å²) in [5, 5.41) is 4.49. The zero-order valence-electron chi connectivity index (χ0n) is 10.5. The number of nitrogens with one attached hydrogen (secondary N) is 1. The normalized spacial score (nSPS) is 32.4. The monoisotopic (exact) mass is 247 g/mol. The molecule has 17 heavy (non-hydrogen) atoms. The topological polar surface area (TPSA) is 12.0 Å². The molecule has 0 bridgehead atoms. The Labute approximate surface area is 108 Å². The summed E-state index contributed by atoms with van der Waals surface area (Å²) >= 11 is 2.09. The van der Waals surface area contributed by atoms with Gasteiger partial charge in [-0.1, -0.05) is 25.1 Å². The van der Waals surface area contributed by atoms with Gasteiger partial charge in [0, 0.05) is 16.2 Å². The maximum Gasteiger partial charge on any atom is 0.0150 e. The van der Waals surface area contributed by atoms with Crippen LogP contribution < -0.4 is 5.32 Å². The van der Waals surface area contributed by atoms with E-state index in [1.54, 1.807) is 5.56 Å². The number of fused-ring (bicyclic) bond motifs is 1. The summed E-state index contributed by atoms with van der Waals surface area (Å²) in [4.78, 5) is 1.52. The van der Waals surface area contributed by atoms with Crippen molar-refractivity contribution in [3.63, 3.8) is 0 Å². The largest absolute Gasteiger partial charge is 0.314 e. The Morgan fingerprint density at radius 1 is 1.35 bits per heavy atom. The summed E-state index contributed by atoms with van der Waals surface area (Å²) in [7, 11) is 0. The molecule has 1 saturated heterocycles. The molecule has 1 N–H and O–H groups in total. The fourth-order valence-electron chi connectivity index (χ4n) is 3.10. The predicted molar refractivity (Wildman–Crippen MR) is 74.6 cm³/mol. The van der Waals surface area contributed by atoms with E-state index in [-0.39, 0.29) is 0 Å². The van der Waals surface area contributed by atoms with Crippen LogP contribution in [0.3, 0.4) is 0 Å². The molecule has 1 fully saturated rings. The molecule has 2 heteroatoms. The summed E-state index contributed by atoms with van der Waals surface area (Å²) in [6.45, 7) is 3.61. The van der Waals surface area contributed by atoms with Crippen LogP contribution in [0.15, 0.2) is 29.2 Å². The second-order valence-electron chi connectivity index (χ2n) is 5.57. The maximum atomic E-state index is 3.69. The van der Waals surface area contributed by atoms with Crippen molar-refractivity contribution in [2.75, 3.05) is 6.54 Å². The highest BCUT2D eigenvalue weighted by Gasteiger charge is 2.26. The molecule has 0 spiro atoms. The highest BCUT2D eigenvalue weighted by Crippen LogP contribution is 2.39. The van der Waals surface area contributed by atoms with Crippen LogP contribution in [0.2, 0.25) is 0 Å². The highest BCUT2D eigenvalue weighted by molar-refractivity contribution is 8.00. The zero-order valence-corrected chi connectivity index (χ0v) is 11.3. The quantitative estimate of drug-likeness (QED) is 0.858. The van der Waals surface area contributed by atoms with E-state index in [9.17, 15) is 0 Å². The van der Waals surface area contributed by atoms with E-state index >= 15 is 0 Å². The third-order valence-corrected chi connectivity index (χ3v) is 5.36. The molecular weight excluding hydrogens is 226 g/mol. The second kappa shape index (κ2) is 5.03. The summed E-state index contributed by atoms with van der Waals surface area (Å²) in [5.74, 6) is 0.912. The molecular formula is C15H21NS. The van der Waals surface area contributed by atoms with E-state index < -0.39 is 0 Å². The molecule has 1 nitrogen and oxygen atoms in total. The Hall–Kier alpha value is -0.470. The SMILES string of the molecule is CC1CCNC(CC2Cc3ccccc3S2)C1. The Morgan fingerprint density at radius 2 is 2.24 bits per heavy atom. The van der Waals surface area contributed by atoms with Gasteiger partial charge in [0.15, 0.2) is 0 Å². The smallest absolute Gasteiger partial charge is 0.0150 e. The third kappa shape index (κ3) is 2.69. The molecule has 2 aliphatic rings. The van der Waals surface area contributed by atoms with Gasteiger partial charge in [-0.25, -0.2) is 0 Å². The molecule has 92 valence electrons. The van der Waals surface area contributed by atoms with Crippen LogP contribution in [-0.2, 0) is 6.42 Å². The van der Waals surface area contributed by atoms with E-state index in [0.717, 1.165) is 17.2 Å². The standard InChI is InChI=1S/C15H21NS/c1-11-6-7-16-13(8-11)10-14-9-12-4-2-3-5-15(12)17-14/h2-5,11,13-14,16H,6-10H2,1H3. The number of rotatable bonds is 2. The first-order valence-electron chi connectivity index (χ1n) is 6.79. The van der Waals surface area contributed by atoms with E-state index in [1.807, 2.05) is 0 Å². The number of hydrogen-bond donors (Lipinski definition) is 1. The molecule has 0 amide bonds. The van der Waals surface area contributed by atoms with Crippen LogP contribution in [-0.4, -0.2) is 17.8 Å². The number of hydrogen-bond acceptors (Lipinski definition) is 2. The molecule has 1 aromatic carbocycles. The van der Waals surface area contributed by atoms with E-state index in [1.165, 1.54) is 37.1 Å². The lowest BCUT2D eigenvalue weighted by Crippen LogP contribution is -2.39. The first-order chi connectivity index (χ1) is 8.31. The summed E-state index contributed by atoms with van der Waals surface area (Å²) in [5.41, 5.74) is 1.56. The van der Waals surface area contributed by atoms with Gasteiger partial charge in [0.25, 0.3) is 0 Å². The molecule has 3 rings (SSSR count). The molecule has 1 aromatic rings. The van der Waals surface area contributed by atoms with Crippen molar-refractivity contribution in [2.45, 2.75) is 48.8 Å². The van der Waals surface area contributed by atoms with Crippen molar-refractivity contribution in [1.29, 1.82) is 0 Å². The van der Waals surface area contributed by atoms with Crippen LogP contribution in [0.1, 0.15) is 31.7 Å².